The number of ether oxygens (including phenoxy) is 1. The van der Waals surface area contributed by atoms with Crippen LogP contribution in [0.25, 0.3) is 0 Å². The SMILES string of the molecule is CC(CO)(CN1CC2CCC(C1)O2)c1ccccc1. The van der Waals surface area contributed by atoms with E-state index in [1.54, 1.807) is 0 Å². The van der Waals surface area contributed by atoms with Crippen LogP contribution in [0.5, 0.6) is 0 Å². The van der Waals surface area contributed by atoms with Gasteiger partial charge in [-0.2, -0.15) is 0 Å². The second-order valence-corrected chi connectivity index (χ2v) is 6.24. The van der Waals surface area contributed by atoms with Crippen LogP contribution in [0, 0.1) is 0 Å². The summed E-state index contributed by atoms with van der Waals surface area (Å²) in [6, 6.07) is 10.4. The van der Waals surface area contributed by atoms with Crippen LogP contribution in [0.4, 0.5) is 0 Å². The third-order valence-electron chi connectivity index (χ3n) is 4.51. The minimum atomic E-state index is -0.182. The fourth-order valence-electron chi connectivity index (χ4n) is 3.39. The predicted molar refractivity (Wildman–Crippen MR) is 75.2 cm³/mol. The Labute approximate surface area is 115 Å². The topological polar surface area (TPSA) is 32.7 Å². The fourth-order valence-corrected chi connectivity index (χ4v) is 3.39. The molecule has 0 amide bonds. The Morgan fingerprint density at radius 3 is 2.42 bits per heavy atom. The van der Waals surface area contributed by atoms with Gasteiger partial charge in [-0.3, -0.25) is 4.90 Å². The van der Waals surface area contributed by atoms with E-state index in [4.69, 9.17) is 4.74 Å². The van der Waals surface area contributed by atoms with Crippen molar-refractivity contribution in [3.05, 3.63) is 35.9 Å². The maximum absolute atomic E-state index is 9.86. The Bertz CT molecular complexity index is 410. The largest absolute Gasteiger partial charge is 0.395 e. The summed E-state index contributed by atoms with van der Waals surface area (Å²) < 4.78 is 5.88. The first-order valence-electron chi connectivity index (χ1n) is 7.24. The molecule has 104 valence electrons. The lowest BCUT2D eigenvalue weighted by Crippen LogP contribution is -2.49. The molecule has 1 aromatic rings. The number of hydrogen-bond acceptors (Lipinski definition) is 3. The van der Waals surface area contributed by atoms with Gasteiger partial charge in [-0.05, 0) is 18.4 Å². The van der Waals surface area contributed by atoms with Crippen molar-refractivity contribution in [1.29, 1.82) is 0 Å². The molecule has 0 radical (unpaired) electrons. The van der Waals surface area contributed by atoms with E-state index in [1.807, 2.05) is 18.2 Å². The molecule has 1 N–H and O–H groups in total. The van der Waals surface area contributed by atoms with Crippen molar-refractivity contribution in [1.82, 2.24) is 4.90 Å². The molecular formula is C16H23NO2. The summed E-state index contributed by atoms with van der Waals surface area (Å²) in [5, 5.41) is 9.86. The van der Waals surface area contributed by atoms with Gasteiger partial charge in [0.1, 0.15) is 0 Å². The Morgan fingerprint density at radius 2 is 1.84 bits per heavy atom. The average molecular weight is 261 g/mol. The highest BCUT2D eigenvalue weighted by atomic mass is 16.5. The number of rotatable bonds is 4. The minimum absolute atomic E-state index is 0.182. The van der Waals surface area contributed by atoms with Crippen molar-refractivity contribution >= 4 is 0 Å². The maximum Gasteiger partial charge on any atom is 0.0707 e. The van der Waals surface area contributed by atoms with Gasteiger partial charge in [0.15, 0.2) is 0 Å². The van der Waals surface area contributed by atoms with E-state index in [0.29, 0.717) is 12.2 Å². The van der Waals surface area contributed by atoms with Crippen LogP contribution in [0.3, 0.4) is 0 Å². The van der Waals surface area contributed by atoms with Crippen LogP contribution < -0.4 is 0 Å². The normalized spacial score (nSPS) is 30.2. The number of fused-ring (bicyclic) bond motifs is 2. The molecule has 3 rings (SSSR count). The van der Waals surface area contributed by atoms with Crippen molar-refractivity contribution < 1.29 is 9.84 Å². The van der Waals surface area contributed by atoms with Crippen molar-refractivity contribution in [2.45, 2.75) is 37.4 Å². The first kappa shape index (κ1) is 13.1. The molecule has 0 aliphatic carbocycles. The van der Waals surface area contributed by atoms with Crippen molar-refractivity contribution in [2.75, 3.05) is 26.2 Å². The second kappa shape index (κ2) is 5.23. The molecule has 2 aliphatic heterocycles. The zero-order valence-electron chi connectivity index (χ0n) is 11.6. The van der Waals surface area contributed by atoms with Crippen molar-refractivity contribution in [2.24, 2.45) is 0 Å². The van der Waals surface area contributed by atoms with Gasteiger partial charge < -0.3 is 9.84 Å². The second-order valence-electron chi connectivity index (χ2n) is 6.24. The molecular weight excluding hydrogens is 238 g/mol. The Morgan fingerprint density at radius 1 is 1.21 bits per heavy atom. The van der Waals surface area contributed by atoms with Crippen LogP contribution in [0.1, 0.15) is 25.3 Å². The van der Waals surface area contributed by atoms with E-state index in [2.05, 4.69) is 24.0 Å². The van der Waals surface area contributed by atoms with Crippen molar-refractivity contribution in [3.8, 4) is 0 Å². The zero-order valence-corrected chi connectivity index (χ0v) is 11.6. The molecule has 2 heterocycles. The third-order valence-corrected chi connectivity index (χ3v) is 4.51. The Hall–Kier alpha value is -0.900. The molecule has 2 saturated heterocycles. The van der Waals surface area contributed by atoms with E-state index >= 15 is 0 Å². The van der Waals surface area contributed by atoms with E-state index in [-0.39, 0.29) is 12.0 Å². The molecule has 1 aromatic carbocycles. The molecule has 0 saturated carbocycles. The first-order chi connectivity index (χ1) is 9.19. The minimum Gasteiger partial charge on any atom is -0.395 e. The van der Waals surface area contributed by atoms with Crippen molar-refractivity contribution in [3.63, 3.8) is 0 Å². The number of aliphatic hydroxyl groups is 1. The van der Waals surface area contributed by atoms with E-state index < -0.39 is 0 Å². The number of morpholine rings is 1. The van der Waals surface area contributed by atoms with Gasteiger partial charge in [-0.1, -0.05) is 37.3 Å². The summed E-state index contributed by atoms with van der Waals surface area (Å²) in [5.41, 5.74) is 1.04. The molecule has 0 aromatic heterocycles. The highest BCUT2D eigenvalue weighted by molar-refractivity contribution is 5.25. The van der Waals surface area contributed by atoms with Gasteiger partial charge in [-0.25, -0.2) is 0 Å². The fraction of sp³-hybridized carbons (Fsp3) is 0.625. The van der Waals surface area contributed by atoms with Crippen LogP contribution in [0.15, 0.2) is 30.3 Å². The van der Waals surface area contributed by atoms with Crippen LogP contribution >= 0.6 is 0 Å². The molecule has 3 unspecified atom stereocenters. The van der Waals surface area contributed by atoms with E-state index in [1.165, 1.54) is 18.4 Å². The summed E-state index contributed by atoms with van der Waals surface area (Å²) in [5.74, 6) is 0. The summed E-state index contributed by atoms with van der Waals surface area (Å²) in [4.78, 5) is 2.47. The van der Waals surface area contributed by atoms with Crippen LogP contribution in [0.2, 0.25) is 0 Å². The molecule has 2 fully saturated rings. The highest BCUT2D eigenvalue weighted by Crippen LogP contribution is 2.30. The molecule has 2 aliphatic rings. The van der Waals surface area contributed by atoms with Gasteiger partial charge in [0.2, 0.25) is 0 Å². The highest BCUT2D eigenvalue weighted by Gasteiger charge is 2.37. The third kappa shape index (κ3) is 2.69. The monoisotopic (exact) mass is 261 g/mol. The van der Waals surface area contributed by atoms with Gasteiger partial charge in [0, 0.05) is 25.0 Å². The number of benzene rings is 1. The molecule has 2 bridgehead atoms. The molecule has 3 nitrogen and oxygen atoms in total. The summed E-state index contributed by atoms with van der Waals surface area (Å²) >= 11 is 0. The molecule has 3 atom stereocenters. The standard InChI is InChI=1S/C16H23NO2/c1-16(12-18,13-5-3-2-4-6-13)11-17-9-14-7-8-15(10-17)19-14/h2-6,14-15,18H,7-12H2,1H3. The maximum atomic E-state index is 9.86. The smallest absolute Gasteiger partial charge is 0.0707 e. The van der Waals surface area contributed by atoms with Gasteiger partial charge in [-0.15, -0.1) is 0 Å². The number of nitrogens with zero attached hydrogens (tertiary/aromatic N) is 1. The molecule has 19 heavy (non-hydrogen) atoms. The lowest BCUT2D eigenvalue weighted by atomic mass is 9.82. The van der Waals surface area contributed by atoms with Gasteiger partial charge >= 0.3 is 0 Å². The van der Waals surface area contributed by atoms with Crippen LogP contribution in [-0.4, -0.2) is 48.5 Å². The summed E-state index contributed by atoms with van der Waals surface area (Å²) in [7, 11) is 0. The van der Waals surface area contributed by atoms with E-state index in [0.717, 1.165) is 19.6 Å². The average Bonchev–Trinajstić information content (AvgIpc) is 2.79. The van der Waals surface area contributed by atoms with Crippen LogP contribution in [-0.2, 0) is 10.2 Å². The number of hydrogen-bond donors (Lipinski definition) is 1. The Balaban J connectivity index is 1.73. The number of aliphatic hydroxyl groups excluding tert-OH is 1. The van der Waals surface area contributed by atoms with E-state index in [9.17, 15) is 5.11 Å². The quantitative estimate of drug-likeness (QED) is 0.897. The number of likely N-dealkylation sites (tertiary alicyclic amines) is 1. The van der Waals surface area contributed by atoms with Gasteiger partial charge in [0.25, 0.3) is 0 Å². The first-order valence-corrected chi connectivity index (χ1v) is 7.24. The molecule has 0 spiro atoms. The summed E-state index contributed by atoms with van der Waals surface area (Å²) in [6.07, 6.45) is 3.22. The lowest BCUT2D eigenvalue weighted by Gasteiger charge is -2.39. The summed E-state index contributed by atoms with van der Waals surface area (Å²) in [6.45, 7) is 5.27. The molecule has 3 heteroatoms. The zero-order chi connectivity index (χ0) is 13.3. The predicted octanol–water partition coefficient (Wildman–Crippen LogP) is 1.80. The lowest BCUT2D eigenvalue weighted by molar-refractivity contribution is -0.0465. The van der Waals surface area contributed by atoms with Gasteiger partial charge in [0.05, 0.1) is 18.8 Å². The Kier molecular flexibility index (Phi) is 3.61.